The number of nitrogens with zero attached hydrogens (tertiary/aromatic N) is 2. The predicted molar refractivity (Wildman–Crippen MR) is 101 cm³/mol. The Morgan fingerprint density at radius 2 is 1.73 bits per heavy atom. The smallest absolute Gasteiger partial charge is 0.203 e. The van der Waals surface area contributed by atoms with Crippen LogP contribution in [0.5, 0.6) is 17.2 Å². The number of benzene rings is 2. The Labute approximate surface area is 155 Å². The van der Waals surface area contributed by atoms with Crippen molar-refractivity contribution >= 4 is 33.9 Å². The van der Waals surface area contributed by atoms with Gasteiger partial charge in [-0.25, -0.2) is 0 Å². The lowest BCUT2D eigenvalue weighted by Gasteiger charge is -2.16. The molecule has 0 atom stereocenters. The van der Waals surface area contributed by atoms with Gasteiger partial charge in [0.25, 0.3) is 0 Å². The first-order valence-electron chi connectivity index (χ1n) is 7.66. The summed E-state index contributed by atoms with van der Waals surface area (Å²) in [7, 11) is 4.64. The molecule has 1 N–H and O–H groups in total. The molecule has 0 amide bonds. The van der Waals surface area contributed by atoms with Crippen LogP contribution < -0.4 is 19.5 Å². The average molecular weight is 370 g/mol. The van der Waals surface area contributed by atoms with E-state index in [0.29, 0.717) is 44.7 Å². The monoisotopic (exact) mass is 369 g/mol. The summed E-state index contributed by atoms with van der Waals surface area (Å²) in [6.07, 6.45) is 1.51. The summed E-state index contributed by atoms with van der Waals surface area (Å²) in [5.41, 5.74) is 2.40. The molecule has 1 heterocycles. The predicted octanol–water partition coefficient (Wildman–Crippen LogP) is 4.53. The van der Waals surface area contributed by atoms with E-state index < -0.39 is 0 Å². The second-order valence-electron chi connectivity index (χ2n) is 5.36. The molecular weight excluding hydrogens is 354 g/mol. The lowest BCUT2D eigenvalue weighted by molar-refractivity contribution is 0.324. The van der Waals surface area contributed by atoms with Gasteiger partial charge in [0, 0.05) is 34.4 Å². The van der Waals surface area contributed by atoms with Crippen LogP contribution in [-0.4, -0.2) is 26.3 Å². The molecule has 1 aromatic heterocycles. The number of hydrogen-bond donors (Lipinski definition) is 1. The molecule has 26 heavy (non-hydrogen) atoms. The minimum atomic E-state index is 0.411. The fourth-order valence-electron chi connectivity index (χ4n) is 2.68. The molecule has 0 radical (unpaired) electrons. The van der Waals surface area contributed by atoms with E-state index in [4.69, 9.17) is 25.8 Å². The Bertz CT molecular complexity index is 990. The normalized spacial score (nSPS) is 10.3. The maximum Gasteiger partial charge on any atom is 0.203 e. The number of ether oxygens (including phenoxy) is 3. The van der Waals surface area contributed by atoms with E-state index in [-0.39, 0.29) is 0 Å². The number of nitrogens with one attached hydrogen (secondary N) is 1. The third-order valence-electron chi connectivity index (χ3n) is 3.89. The third kappa shape index (κ3) is 3.17. The van der Waals surface area contributed by atoms with Crippen molar-refractivity contribution in [3.8, 4) is 23.3 Å². The number of hydrogen-bond acceptors (Lipinski definition) is 6. The molecule has 0 fully saturated rings. The van der Waals surface area contributed by atoms with Gasteiger partial charge in [-0.1, -0.05) is 11.6 Å². The van der Waals surface area contributed by atoms with E-state index >= 15 is 0 Å². The minimum Gasteiger partial charge on any atom is -0.493 e. The molecule has 6 nitrogen and oxygen atoms in total. The van der Waals surface area contributed by atoms with Crippen LogP contribution in [0.4, 0.5) is 11.4 Å². The van der Waals surface area contributed by atoms with Crippen molar-refractivity contribution in [1.82, 2.24) is 4.98 Å². The number of anilines is 2. The zero-order chi connectivity index (χ0) is 18.7. The number of halogens is 1. The molecule has 0 bridgehead atoms. The van der Waals surface area contributed by atoms with Gasteiger partial charge >= 0.3 is 0 Å². The van der Waals surface area contributed by atoms with Crippen LogP contribution in [0, 0.1) is 11.3 Å². The Hall–Kier alpha value is -3.17. The van der Waals surface area contributed by atoms with Gasteiger partial charge in [0.2, 0.25) is 5.75 Å². The standard InChI is InChI=1S/C19H16ClN3O3/c1-24-16-7-13(8-17(25-2)19(16)26-3)23-18-11(9-21)10-22-15-6-12(20)4-5-14(15)18/h4-8,10H,1-3H3,(H,22,23). The fraction of sp³-hybridized carbons (Fsp3) is 0.158. The minimum absolute atomic E-state index is 0.411. The van der Waals surface area contributed by atoms with Crippen LogP contribution in [0.1, 0.15) is 5.56 Å². The summed E-state index contributed by atoms with van der Waals surface area (Å²) < 4.78 is 16.1. The number of nitriles is 1. The zero-order valence-corrected chi connectivity index (χ0v) is 15.2. The molecule has 2 aromatic carbocycles. The number of aromatic nitrogens is 1. The van der Waals surface area contributed by atoms with Crippen molar-refractivity contribution in [2.45, 2.75) is 0 Å². The van der Waals surface area contributed by atoms with Gasteiger partial charge in [-0.3, -0.25) is 4.98 Å². The van der Waals surface area contributed by atoms with Gasteiger partial charge in [0.1, 0.15) is 6.07 Å². The van der Waals surface area contributed by atoms with E-state index in [2.05, 4.69) is 16.4 Å². The molecule has 0 aliphatic rings. The fourth-order valence-corrected chi connectivity index (χ4v) is 2.85. The SMILES string of the molecule is COc1cc(Nc2c(C#N)cnc3cc(Cl)ccc23)cc(OC)c1OC. The summed E-state index contributed by atoms with van der Waals surface area (Å²) in [5.74, 6) is 1.51. The summed E-state index contributed by atoms with van der Waals surface area (Å²) in [4.78, 5) is 4.29. The topological polar surface area (TPSA) is 76.4 Å². The van der Waals surface area contributed by atoms with Gasteiger partial charge in [-0.05, 0) is 18.2 Å². The first kappa shape index (κ1) is 17.6. The molecular formula is C19H16ClN3O3. The van der Waals surface area contributed by atoms with E-state index in [1.807, 2.05) is 6.07 Å². The highest BCUT2D eigenvalue weighted by atomic mass is 35.5. The zero-order valence-electron chi connectivity index (χ0n) is 14.5. The van der Waals surface area contributed by atoms with Crippen LogP contribution in [0.25, 0.3) is 10.9 Å². The number of rotatable bonds is 5. The molecule has 0 saturated carbocycles. The Balaban J connectivity index is 2.16. The first-order chi connectivity index (χ1) is 12.6. The quantitative estimate of drug-likeness (QED) is 0.712. The number of pyridine rings is 1. The van der Waals surface area contributed by atoms with Crippen molar-refractivity contribution in [2.24, 2.45) is 0 Å². The summed E-state index contributed by atoms with van der Waals surface area (Å²) in [6.45, 7) is 0. The second kappa shape index (κ2) is 7.38. The number of methoxy groups -OCH3 is 3. The summed E-state index contributed by atoms with van der Waals surface area (Å²) >= 11 is 6.05. The Morgan fingerprint density at radius 1 is 1.04 bits per heavy atom. The molecule has 0 saturated heterocycles. The Morgan fingerprint density at radius 3 is 2.31 bits per heavy atom. The summed E-state index contributed by atoms with van der Waals surface area (Å²) in [5, 5.41) is 14.1. The van der Waals surface area contributed by atoms with Gasteiger partial charge in [-0.15, -0.1) is 0 Å². The van der Waals surface area contributed by atoms with E-state index in [1.54, 1.807) is 45.6 Å². The van der Waals surface area contributed by atoms with Crippen LogP contribution in [0.15, 0.2) is 36.5 Å². The van der Waals surface area contributed by atoms with E-state index in [9.17, 15) is 5.26 Å². The molecule has 3 aromatic rings. The lowest BCUT2D eigenvalue weighted by Crippen LogP contribution is -2.00. The largest absolute Gasteiger partial charge is 0.493 e. The highest BCUT2D eigenvalue weighted by Gasteiger charge is 2.15. The summed E-state index contributed by atoms with van der Waals surface area (Å²) in [6, 6.07) is 11.0. The first-order valence-corrected chi connectivity index (χ1v) is 8.04. The molecule has 0 unspecified atom stereocenters. The Kier molecular flexibility index (Phi) is 5.01. The van der Waals surface area contributed by atoms with Crippen LogP contribution in [-0.2, 0) is 0 Å². The molecule has 0 spiro atoms. The van der Waals surface area contributed by atoms with Gasteiger partial charge in [0.15, 0.2) is 11.5 Å². The third-order valence-corrected chi connectivity index (χ3v) is 4.12. The maximum atomic E-state index is 9.47. The van der Waals surface area contributed by atoms with Crippen molar-refractivity contribution in [1.29, 1.82) is 5.26 Å². The lowest BCUT2D eigenvalue weighted by atomic mass is 10.1. The highest BCUT2D eigenvalue weighted by molar-refractivity contribution is 6.31. The molecule has 0 aliphatic carbocycles. The van der Waals surface area contributed by atoms with Gasteiger partial charge in [0.05, 0.1) is 38.1 Å². The van der Waals surface area contributed by atoms with Crippen LogP contribution >= 0.6 is 11.6 Å². The number of fused-ring (bicyclic) bond motifs is 1. The van der Waals surface area contributed by atoms with E-state index in [0.717, 1.165) is 5.39 Å². The van der Waals surface area contributed by atoms with Crippen molar-refractivity contribution in [3.63, 3.8) is 0 Å². The molecule has 7 heteroatoms. The van der Waals surface area contributed by atoms with Gasteiger partial charge < -0.3 is 19.5 Å². The second-order valence-corrected chi connectivity index (χ2v) is 5.80. The van der Waals surface area contributed by atoms with Crippen molar-refractivity contribution in [2.75, 3.05) is 26.6 Å². The van der Waals surface area contributed by atoms with E-state index in [1.165, 1.54) is 6.20 Å². The maximum absolute atomic E-state index is 9.47. The average Bonchev–Trinajstić information content (AvgIpc) is 2.67. The molecule has 3 rings (SSSR count). The van der Waals surface area contributed by atoms with Crippen molar-refractivity contribution < 1.29 is 14.2 Å². The van der Waals surface area contributed by atoms with Gasteiger partial charge in [-0.2, -0.15) is 5.26 Å². The molecule has 132 valence electrons. The van der Waals surface area contributed by atoms with Crippen molar-refractivity contribution in [3.05, 3.63) is 47.1 Å². The van der Waals surface area contributed by atoms with Crippen LogP contribution in [0.3, 0.4) is 0 Å². The highest BCUT2D eigenvalue weighted by Crippen LogP contribution is 2.41. The van der Waals surface area contributed by atoms with Crippen LogP contribution in [0.2, 0.25) is 5.02 Å². The molecule has 0 aliphatic heterocycles.